The molecule has 0 saturated heterocycles. The molecular weight excluding hydrogens is 238 g/mol. The predicted molar refractivity (Wildman–Crippen MR) is 59.5 cm³/mol. The van der Waals surface area contributed by atoms with E-state index < -0.39 is 15.3 Å². The zero-order chi connectivity index (χ0) is 11.5. The molecule has 0 aliphatic rings. The molecule has 0 atom stereocenters. The summed E-state index contributed by atoms with van der Waals surface area (Å²) in [6.45, 7) is -0.357. The largest absolute Gasteiger partial charge is 0.279 e. The molecule has 82 valence electrons. The maximum Gasteiger partial charge on any atom is 0.242 e. The van der Waals surface area contributed by atoms with Gasteiger partial charge in [0, 0.05) is 0 Å². The number of sulfonamides is 1. The standard InChI is InChI=1S/C9H10ClNO3S/c1-15(13,14)11(7-9(10)12)8-5-3-2-4-6-8/h2-6H,7H2,1H3. The molecule has 0 unspecified atom stereocenters. The molecule has 15 heavy (non-hydrogen) atoms. The summed E-state index contributed by atoms with van der Waals surface area (Å²) in [6.07, 6.45) is 1.03. The summed E-state index contributed by atoms with van der Waals surface area (Å²) in [5.74, 6) is 0. The second kappa shape index (κ2) is 4.63. The Hall–Kier alpha value is -1.07. The maximum absolute atomic E-state index is 11.4. The van der Waals surface area contributed by atoms with Crippen molar-refractivity contribution in [1.29, 1.82) is 0 Å². The highest BCUT2D eigenvalue weighted by atomic mass is 35.5. The third-order valence-corrected chi connectivity index (χ3v) is 2.97. The van der Waals surface area contributed by atoms with Crippen LogP contribution in [0.4, 0.5) is 5.69 Å². The van der Waals surface area contributed by atoms with E-state index in [9.17, 15) is 13.2 Å². The van der Waals surface area contributed by atoms with Gasteiger partial charge in [-0.05, 0) is 23.7 Å². The van der Waals surface area contributed by atoms with Crippen LogP contribution in [0.5, 0.6) is 0 Å². The van der Waals surface area contributed by atoms with Crippen molar-refractivity contribution in [2.45, 2.75) is 0 Å². The number of hydrogen-bond acceptors (Lipinski definition) is 3. The minimum absolute atomic E-state index is 0.357. The van der Waals surface area contributed by atoms with Crippen molar-refractivity contribution in [3.8, 4) is 0 Å². The highest BCUT2D eigenvalue weighted by molar-refractivity contribution is 7.92. The second-order valence-corrected chi connectivity index (χ2v) is 5.29. The van der Waals surface area contributed by atoms with Gasteiger partial charge < -0.3 is 0 Å². The monoisotopic (exact) mass is 247 g/mol. The van der Waals surface area contributed by atoms with Gasteiger partial charge in [-0.1, -0.05) is 18.2 Å². The molecule has 0 aliphatic heterocycles. The highest BCUT2D eigenvalue weighted by Gasteiger charge is 2.19. The molecule has 0 amide bonds. The van der Waals surface area contributed by atoms with E-state index in [1.165, 1.54) is 0 Å². The minimum Gasteiger partial charge on any atom is -0.279 e. The predicted octanol–water partition coefficient (Wildman–Crippen LogP) is 1.22. The maximum atomic E-state index is 11.4. The average molecular weight is 248 g/mol. The Labute approximate surface area is 93.5 Å². The summed E-state index contributed by atoms with van der Waals surface area (Å²) in [6, 6.07) is 8.33. The van der Waals surface area contributed by atoms with Crippen LogP contribution in [-0.2, 0) is 14.8 Å². The normalized spacial score (nSPS) is 11.1. The number of carbonyl (C=O) groups is 1. The van der Waals surface area contributed by atoms with Crippen molar-refractivity contribution in [1.82, 2.24) is 0 Å². The van der Waals surface area contributed by atoms with Crippen molar-refractivity contribution in [2.75, 3.05) is 17.1 Å². The molecule has 0 radical (unpaired) electrons. The van der Waals surface area contributed by atoms with E-state index in [0.29, 0.717) is 5.69 Å². The summed E-state index contributed by atoms with van der Waals surface area (Å²) >= 11 is 5.18. The van der Waals surface area contributed by atoms with Gasteiger partial charge in [-0.25, -0.2) is 8.42 Å². The lowest BCUT2D eigenvalue weighted by Gasteiger charge is -2.20. The number of para-hydroxylation sites is 1. The van der Waals surface area contributed by atoms with Gasteiger partial charge in [0.25, 0.3) is 0 Å². The summed E-state index contributed by atoms with van der Waals surface area (Å²) in [7, 11) is -3.48. The average Bonchev–Trinajstić information content (AvgIpc) is 2.14. The van der Waals surface area contributed by atoms with Gasteiger partial charge in [-0.15, -0.1) is 0 Å². The first-order valence-electron chi connectivity index (χ1n) is 4.12. The van der Waals surface area contributed by atoms with Gasteiger partial charge in [0.2, 0.25) is 15.3 Å². The molecule has 1 aromatic rings. The lowest BCUT2D eigenvalue weighted by molar-refractivity contribution is -0.110. The van der Waals surface area contributed by atoms with Crippen LogP contribution >= 0.6 is 11.6 Å². The van der Waals surface area contributed by atoms with Gasteiger partial charge in [-0.2, -0.15) is 0 Å². The Morgan fingerprint density at radius 2 is 1.87 bits per heavy atom. The van der Waals surface area contributed by atoms with E-state index in [0.717, 1.165) is 10.6 Å². The molecule has 4 nitrogen and oxygen atoms in total. The van der Waals surface area contributed by atoms with Crippen LogP contribution in [-0.4, -0.2) is 26.5 Å². The van der Waals surface area contributed by atoms with E-state index in [-0.39, 0.29) is 6.54 Å². The van der Waals surface area contributed by atoms with E-state index in [2.05, 4.69) is 0 Å². The molecular formula is C9H10ClNO3S. The third-order valence-electron chi connectivity index (χ3n) is 1.71. The molecule has 0 heterocycles. The third kappa shape index (κ3) is 3.53. The molecule has 0 bridgehead atoms. The lowest BCUT2D eigenvalue weighted by atomic mass is 10.3. The minimum atomic E-state index is -3.48. The fourth-order valence-electron chi connectivity index (χ4n) is 1.11. The highest BCUT2D eigenvalue weighted by Crippen LogP contribution is 2.16. The lowest BCUT2D eigenvalue weighted by Crippen LogP contribution is -2.33. The van der Waals surface area contributed by atoms with E-state index in [1.54, 1.807) is 30.3 Å². The molecule has 0 aromatic heterocycles. The van der Waals surface area contributed by atoms with Crippen molar-refractivity contribution >= 4 is 32.6 Å². The van der Waals surface area contributed by atoms with E-state index >= 15 is 0 Å². The van der Waals surface area contributed by atoms with Gasteiger partial charge >= 0.3 is 0 Å². The molecule has 0 N–H and O–H groups in total. The number of halogens is 1. The smallest absolute Gasteiger partial charge is 0.242 e. The zero-order valence-electron chi connectivity index (χ0n) is 8.05. The zero-order valence-corrected chi connectivity index (χ0v) is 9.62. The summed E-state index contributed by atoms with van der Waals surface area (Å²) in [4.78, 5) is 10.7. The fraction of sp³-hybridized carbons (Fsp3) is 0.222. The van der Waals surface area contributed by atoms with Crippen LogP contribution in [0.1, 0.15) is 0 Å². The van der Waals surface area contributed by atoms with Crippen LogP contribution < -0.4 is 4.31 Å². The Bertz CT molecular complexity index is 444. The Morgan fingerprint density at radius 1 is 1.33 bits per heavy atom. The van der Waals surface area contributed by atoms with E-state index in [4.69, 9.17) is 11.6 Å². The first kappa shape index (κ1) is 12.0. The summed E-state index contributed by atoms with van der Waals surface area (Å²) in [5, 5.41) is -0.718. The Kier molecular flexibility index (Phi) is 3.71. The number of carbonyl (C=O) groups excluding carboxylic acids is 1. The van der Waals surface area contributed by atoms with Gasteiger partial charge in [0.05, 0.1) is 11.9 Å². The number of nitrogens with zero attached hydrogens (tertiary/aromatic N) is 1. The van der Waals surface area contributed by atoms with Crippen molar-refractivity contribution < 1.29 is 13.2 Å². The van der Waals surface area contributed by atoms with Gasteiger partial charge in [-0.3, -0.25) is 9.10 Å². The van der Waals surface area contributed by atoms with Crippen molar-refractivity contribution in [2.24, 2.45) is 0 Å². The van der Waals surface area contributed by atoms with Crippen molar-refractivity contribution in [3.05, 3.63) is 30.3 Å². The molecule has 0 aliphatic carbocycles. The van der Waals surface area contributed by atoms with Gasteiger partial charge in [0.1, 0.15) is 6.54 Å². The topological polar surface area (TPSA) is 54.5 Å². The molecule has 1 rings (SSSR count). The molecule has 0 saturated carbocycles. The molecule has 1 aromatic carbocycles. The molecule has 6 heteroatoms. The van der Waals surface area contributed by atoms with Crippen LogP contribution in [0, 0.1) is 0 Å². The van der Waals surface area contributed by atoms with Crippen molar-refractivity contribution in [3.63, 3.8) is 0 Å². The summed E-state index contributed by atoms with van der Waals surface area (Å²) in [5.41, 5.74) is 0.425. The molecule has 0 fully saturated rings. The number of benzene rings is 1. The second-order valence-electron chi connectivity index (χ2n) is 2.96. The Balaban J connectivity index is 3.08. The molecule has 0 spiro atoms. The first-order chi connectivity index (χ1) is 6.91. The SMILES string of the molecule is CS(=O)(=O)N(CC(=O)Cl)c1ccccc1. The van der Waals surface area contributed by atoms with Crippen LogP contribution in [0.3, 0.4) is 0 Å². The Morgan fingerprint density at radius 3 is 2.27 bits per heavy atom. The van der Waals surface area contributed by atoms with Gasteiger partial charge in [0.15, 0.2) is 0 Å². The first-order valence-corrected chi connectivity index (χ1v) is 6.35. The quantitative estimate of drug-likeness (QED) is 0.752. The summed E-state index contributed by atoms with van der Waals surface area (Å²) < 4.78 is 23.7. The fourth-order valence-corrected chi connectivity index (χ4v) is 2.15. The number of rotatable bonds is 4. The van der Waals surface area contributed by atoms with Crippen LogP contribution in [0.2, 0.25) is 0 Å². The van der Waals surface area contributed by atoms with Crippen LogP contribution in [0.15, 0.2) is 30.3 Å². The number of hydrogen-bond donors (Lipinski definition) is 0. The van der Waals surface area contributed by atoms with Crippen LogP contribution in [0.25, 0.3) is 0 Å². The number of anilines is 1. The van der Waals surface area contributed by atoms with E-state index in [1.807, 2.05) is 0 Å².